The van der Waals surface area contributed by atoms with E-state index in [0.29, 0.717) is 0 Å². The molecule has 26 heteroatoms. The number of hydrogen-bond donors (Lipinski definition) is 13. The highest BCUT2D eigenvalue weighted by atomic mass is 31.2. The van der Waals surface area contributed by atoms with Crippen LogP contribution in [0.4, 0.5) is 14.7 Å². The first-order valence-corrected chi connectivity index (χ1v) is 12.9. The van der Waals surface area contributed by atoms with E-state index >= 15 is 0 Å². The number of hydrogen-bond acceptors (Lipinski definition) is 10. The van der Waals surface area contributed by atoms with Gasteiger partial charge in [0.1, 0.15) is 6.10 Å². The molecule has 0 radical (unpaired) electrons. The Bertz CT molecular complexity index is 1130. The minimum Gasteiger partial charge on any atom is -0.394 e. The van der Waals surface area contributed by atoms with Crippen molar-refractivity contribution in [1.82, 2.24) is 19.5 Å². The van der Waals surface area contributed by atoms with Crippen LogP contribution in [-0.4, -0.2) is 98.5 Å². The van der Waals surface area contributed by atoms with Gasteiger partial charge in [-0.25, -0.2) is 18.7 Å². The molecule has 1 aliphatic rings. The van der Waals surface area contributed by atoms with Crippen molar-refractivity contribution >= 4 is 40.6 Å². The molecule has 1 fully saturated rings. The summed E-state index contributed by atoms with van der Waals surface area (Å²) in [6, 6.07) is 0. The maximum Gasteiger partial charge on any atom is 0.466 e. The van der Waals surface area contributed by atoms with Crippen LogP contribution < -0.4 is 11.3 Å². The summed E-state index contributed by atoms with van der Waals surface area (Å²) in [6.45, 7) is -0.782. The molecule has 21 nitrogen and oxygen atoms in total. The van der Waals surface area contributed by atoms with Crippen LogP contribution in [0, 0.1) is 0 Å². The fourth-order valence-corrected chi connectivity index (χ4v) is 2.23. The van der Waals surface area contributed by atoms with Gasteiger partial charge in [0.15, 0.2) is 17.3 Å². The number of nitrogens with two attached hydrogens (primary N) is 1. The normalized spacial score (nSPS) is 21.4. The van der Waals surface area contributed by atoms with E-state index in [1.807, 2.05) is 0 Å². The SMILES string of the molecule is Nc1nc2c(ncn2[C@@H]2O[C@H](CO)[C@@H](O)C2(F)F)c(=O)[nH]1.O=P(O)(O)O.O=P(O)(O)O.O=P(O)(O)O. The van der Waals surface area contributed by atoms with Crippen molar-refractivity contribution in [3.05, 3.63) is 16.7 Å². The van der Waals surface area contributed by atoms with Crippen LogP contribution in [0.1, 0.15) is 6.23 Å². The van der Waals surface area contributed by atoms with Gasteiger partial charge >= 0.3 is 29.4 Å². The zero-order chi connectivity index (χ0) is 28.9. The van der Waals surface area contributed by atoms with Gasteiger partial charge in [-0.2, -0.15) is 13.8 Å². The van der Waals surface area contributed by atoms with Gasteiger partial charge in [0.2, 0.25) is 12.2 Å². The molecular weight excluding hydrogens is 577 g/mol. The van der Waals surface area contributed by atoms with E-state index in [4.69, 9.17) is 73.3 Å². The van der Waals surface area contributed by atoms with E-state index in [1.165, 1.54) is 0 Å². The molecule has 36 heavy (non-hydrogen) atoms. The molecule has 14 N–H and O–H groups in total. The number of rotatable bonds is 2. The van der Waals surface area contributed by atoms with E-state index in [2.05, 4.69) is 15.0 Å². The smallest absolute Gasteiger partial charge is 0.394 e. The van der Waals surface area contributed by atoms with Gasteiger partial charge in [0.05, 0.1) is 12.9 Å². The van der Waals surface area contributed by atoms with Crippen molar-refractivity contribution in [3.8, 4) is 0 Å². The molecule has 0 unspecified atom stereocenters. The molecule has 2 aromatic rings. The van der Waals surface area contributed by atoms with Gasteiger partial charge in [-0.15, -0.1) is 0 Å². The standard InChI is InChI=1S/C10H11F2N5O4.3H3O4P/c11-10(12)5(19)3(1-18)21-8(10)17-2-14-4-6(17)15-9(13)16-7(4)20;3*1-5(2,3)4/h2-3,5,8,18-19H,1H2,(H3,13,15,16,20);3*(H3,1,2,3,4)/t3-,5-,8-;;;/m1.../s1. The Kier molecular flexibility index (Phi) is 12.0. The number of H-pyrrole nitrogens is 1. The van der Waals surface area contributed by atoms with E-state index in [0.717, 1.165) is 10.9 Å². The summed E-state index contributed by atoms with van der Waals surface area (Å²) in [4.78, 5) is 85.9. The third kappa shape index (κ3) is 13.0. The molecule has 210 valence electrons. The van der Waals surface area contributed by atoms with Crippen molar-refractivity contribution in [2.24, 2.45) is 0 Å². The lowest BCUT2D eigenvalue weighted by atomic mass is 10.1. The first-order valence-electron chi connectivity index (χ1n) is 8.25. The minimum absolute atomic E-state index is 0.189. The predicted molar refractivity (Wildman–Crippen MR) is 107 cm³/mol. The number of phosphoric acid groups is 3. The van der Waals surface area contributed by atoms with Crippen molar-refractivity contribution < 1.29 is 81.5 Å². The molecule has 3 atom stereocenters. The van der Waals surface area contributed by atoms with Crippen LogP contribution >= 0.6 is 23.5 Å². The molecule has 0 saturated carbocycles. The molecule has 1 saturated heterocycles. The Morgan fingerprint density at radius 1 is 1.03 bits per heavy atom. The zero-order valence-corrected chi connectivity index (χ0v) is 19.7. The molecule has 1 aliphatic heterocycles. The number of aliphatic hydroxyl groups excluding tert-OH is 2. The summed E-state index contributed by atoms with van der Waals surface area (Å²) in [5.41, 5.74) is 4.30. The molecule has 3 heterocycles. The molecule has 0 bridgehead atoms. The largest absolute Gasteiger partial charge is 0.466 e. The quantitative estimate of drug-likeness (QED) is 0.146. The second-order valence-electron chi connectivity index (χ2n) is 6.14. The van der Waals surface area contributed by atoms with Crippen LogP contribution in [-0.2, 0) is 18.4 Å². The number of aromatic nitrogens is 4. The number of imidazole rings is 1. The van der Waals surface area contributed by atoms with Crippen LogP contribution in [0.25, 0.3) is 11.2 Å². The third-order valence-corrected chi connectivity index (χ3v) is 3.26. The van der Waals surface area contributed by atoms with Gasteiger partial charge in [-0.3, -0.25) is 14.3 Å². The van der Waals surface area contributed by atoms with Crippen LogP contribution in [0.3, 0.4) is 0 Å². The molecule has 0 aliphatic carbocycles. The summed E-state index contributed by atoms with van der Waals surface area (Å²) in [5.74, 6) is -3.96. The Morgan fingerprint density at radius 3 is 1.81 bits per heavy atom. The Labute approximate surface area is 195 Å². The van der Waals surface area contributed by atoms with Gasteiger partial charge in [0, 0.05) is 0 Å². The Hall–Kier alpha value is -1.78. The fraction of sp³-hybridized carbons (Fsp3) is 0.500. The first kappa shape index (κ1) is 34.2. The second kappa shape index (κ2) is 12.6. The van der Waals surface area contributed by atoms with Crippen LogP contribution in [0.15, 0.2) is 11.1 Å². The minimum atomic E-state index is -4.64. The lowest BCUT2D eigenvalue weighted by molar-refractivity contribution is -0.138. The Morgan fingerprint density at radius 2 is 1.44 bits per heavy atom. The molecule has 0 aromatic carbocycles. The highest BCUT2D eigenvalue weighted by molar-refractivity contribution is 7.45. The maximum atomic E-state index is 14.1. The Balaban J connectivity index is 0.000000672. The van der Waals surface area contributed by atoms with Crippen molar-refractivity contribution in [2.45, 2.75) is 24.4 Å². The average molecular weight is 597 g/mol. The van der Waals surface area contributed by atoms with Crippen molar-refractivity contribution in [2.75, 3.05) is 12.3 Å². The zero-order valence-electron chi connectivity index (χ0n) is 17.0. The van der Waals surface area contributed by atoms with Gasteiger partial charge in [-0.1, -0.05) is 0 Å². The van der Waals surface area contributed by atoms with E-state index in [9.17, 15) is 18.7 Å². The van der Waals surface area contributed by atoms with Gasteiger partial charge in [0.25, 0.3) is 5.56 Å². The molecule has 0 spiro atoms. The summed E-state index contributed by atoms with van der Waals surface area (Å²) < 4.78 is 60.5. The fourth-order valence-electron chi connectivity index (χ4n) is 2.23. The van der Waals surface area contributed by atoms with Crippen LogP contribution in [0.5, 0.6) is 0 Å². The van der Waals surface area contributed by atoms with E-state index in [-0.39, 0.29) is 17.1 Å². The molecule has 2 aromatic heterocycles. The lowest BCUT2D eigenvalue weighted by Gasteiger charge is -2.20. The average Bonchev–Trinajstić information content (AvgIpc) is 3.10. The topological polar surface area (TPSA) is 373 Å². The van der Waals surface area contributed by atoms with Crippen molar-refractivity contribution in [3.63, 3.8) is 0 Å². The first-order chi connectivity index (χ1) is 15.9. The third-order valence-electron chi connectivity index (χ3n) is 3.26. The number of nitrogens with one attached hydrogen (secondary N) is 1. The number of aromatic amines is 1. The molecule has 3 rings (SSSR count). The van der Waals surface area contributed by atoms with Crippen molar-refractivity contribution in [1.29, 1.82) is 0 Å². The van der Waals surface area contributed by atoms with Gasteiger partial charge < -0.3 is 64.7 Å². The summed E-state index contributed by atoms with van der Waals surface area (Å²) in [6.07, 6.45) is -4.66. The van der Waals surface area contributed by atoms with E-state index in [1.54, 1.807) is 0 Å². The number of nitrogens with zero attached hydrogens (tertiary/aromatic N) is 3. The number of halogens is 2. The molecular formula is C10H20F2N5O16P3. The number of aliphatic hydroxyl groups is 2. The summed E-state index contributed by atoms with van der Waals surface area (Å²) in [5, 5.41) is 18.4. The van der Waals surface area contributed by atoms with E-state index < -0.39 is 60.0 Å². The predicted octanol–water partition coefficient (Wildman–Crippen LogP) is -4.20. The maximum absolute atomic E-state index is 14.1. The highest BCUT2D eigenvalue weighted by Gasteiger charge is 2.59. The second-order valence-corrected chi connectivity index (χ2v) is 9.22. The van der Waals surface area contributed by atoms with Gasteiger partial charge in [-0.05, 0) is 0 Å². The number of fused-ring (bicyclic) bond motifs is 1. The number of anilines is 1. The highest BCUT2D eigenvalue weighted by Crippen LogP contribution is 2.43. The summed E-state index contributed by atoms with van der Waals surface area (Å²) >= 11 is 0. The number of nitrogen functional groups attached to an aromatic ring is 1. The lowest BCUT2D eigenvalue weighted by Crippen LogP contribution is -2.39. The van der Waals surface area contributed by atoms with Crippen LogP contribution in [0.2, 0.25) is 0 Å². The molecule has 0 amide bonds. The number of alkyl halides is 2. The summed E-state index contributed by atoms with van der Waals surface area (Å²) in [7, 11) is -13.9. The number of ether oxygens (including phenoxy) is 1. The monoisotopic (exact) mass is 597 g/mol.